The largest absolute Gasteiger partial charge is 0.477 e. The SMILES string of the molecule is Cc1cc(C)c(C(=O)O)c(OCCc2cccs2)n1. The molecular formula is C14H15NO3S. The lowest BCUT2D eigenvalue weighted by Gasteiger charge is -2.10. The standard InChI is InChI=1S/C14H15NO3S/c1-9-8-10(2)15-13(12(9)14(16)17)18-6-5-11-4-3-7-19-11/h3-4,7-8H,5-6H2,1-2H3,(H,16,17). The van der Waals surface area contributed by atoms with Gasteiger partial charge in [-0.2, -0.15) is 0 Å². The van der Waals surface area contributed by atoms with E-state index in [1.165, 1.54) is 4.88 Å². The first-order valence-corrected chi connectivity index (χ1v) is 6.82. The average Bonchev–Trinajstić information content (AvgIpc) is 2.80. The van der Waals surface area contributed by atoms with E-state index in [9.17, 15) is 9.90 Å². The molecule has 0 bridgehead atoms. The number of thiophene rings is 1. The van der Waals surface area contributed by atoms with Crippen molar-refractivity contribution in [3.63, 3.8) is 0 Å². The lowest BCUT2D eigenvalue weighted by Crippen LogP contribution is -2.10. The molecule has 19 heavy (non-hydrogen) atoms. The molecule has 0 aliphatic rings. The number of pyridine rings is 1. The molecule has 0 aromatic carbocycles. The van der Waals surface area contributed by atoms with Crippen molar-refractivity contribution in [3.8, 4) is 5.88 Å². The van der Waals surface area contributed by atoms with Crippen LogP contribution < -0.4 is 4.74 Å². The van der Waals surface area contributed by atoms with Crippen LogP contribution in [0.15, 0.2) is 23.6 Å². The molecule has 4 nitrogen and oxygen atoms in total. The second-order valence-electron chi connectivity index (χ2n) is 4.24. The third-order valence-electron chi connectivity index (χ3n) is 2.69. The van der Waals surface area contributed by atoms with E-state index < -0.39 is 5.97 Å². The number of rotatable bonds is 5. The van der Waals surface area contributed by atoms with Crippen LogP contribution in [0.1, 0.15) is 26.5 Å². The van der Waals surface area contributed by atoms with Crippen molar-refractivity contribution in [2.45, 2.75) is 20.3 Å². The van der Waals surface area contributed by atoms with Crippen molar-refractivity contribution < 1.29 is 14.6 Å². The monoisotopic (exact) mass is 277 g/mol. The summed E-state index contributed by atoms with van der Waals surface area (Å²) < 4.78 is 5.55. The zero-order valence-corrected chi connectivity index (χ0v) is 11.7. The summed E-state index contributed by atoms with van der Waals surface area (Å²) in [6.07, 6.45) is 0.755. The molecule has 1 N–H and O–H groups in total. The quantitative estimate of drug-likeness (QED) is 0.912. The molecule has 0 unspecified atom stereocenters. The van der Waals surface area contributed by atoms with Gasteiger partial charge < -0.3 is 9.84 Å². The summed E-state index contributed by atoms with van der Waals surface area (Å²) in [5.41, 5.74) is 1.58. The minimum atomic E-state index is -1.00. The molecule has 0 saturated carbocycles. The number of carboxylic acids is 1. The van der Waals surface area contributed by atoms with E-state index in [-0.39, 0.29) is 11.4 Å². The Morgan fingerprint density at radius 2 is 2.26 bits per heavy atom. The number of hydrogen-bond donors (Lipinski definition) is 1. The maximum absolute atomic E-state index is 11.2. The Kier molecular flexibility index (Phi) is 4.16. The molecule has 100 valence electrons. The number of carboxylic acid groups (broad SMARTS) is 1. The predicted molar refractivity (Wildman–Crippen MR) is 74.2 cm³/mol. The van der Waals surface area contributed by atoms with E-state index in [2.05, 4.69) is 4.98 Å². The number of aryl methyl sites for hydroxylation is 2. The van der Waals surface area contributed by atoms with Gasteiger partial charge in [0.05, 0.1) is 6.61 Å². The zero-order valence-electron chi connectivity index (χ0n) is 10.8. The Morgan fingerprint density at radius 3 is 2.89 bits per heavy atom. The number of nitrogens with zero attached hydrogens (tertiary/aromatic N) is 1. The van der Waals surface area contributed by atoms with E-state index in [1.807, 2.05) is 24.4 Å². The second-order valence-corrected chi connectivity index (χ2v) is 5.28. The summed E-state index contributed by atoms with van der Waals surface area (Å²) in [4.78, 5) is 16.6. The first-order valence-electron chi connectivity index (χ1n) is 5.94. The van der Waals surface area contributed by atoms with Crippen LogP contribution in [0.25, 0.3) is 0 Å². The van der Waals surface area contributed by atoms with Crippen LogP contribution in [-0.4, -0.2) is 22.7 Å². The van der Waals surface area contributed by atoms with E-state index in [4.69, 9.17) is 4.74 Å². The van der Waals surface area contributed by atoms with Crippen LogP contribution in [0.2, 0.25) is 0 Å². The third-order valence-corrected chi connectivity index (χ3v) is 3.63. The number of hydrogen-bond acceptors (Lipinski definition) is 4. The van der Waals surface area contributed by atoms with Crippen LogP contribution in [0.5, 0.6) is 5.88 Å². The lowest BCUT2D eigenvalue weighted by molar-refractivity contribution is 0.0690. The molecule has 0 fully saturated rings. The summed E-state index contributed by atoms with van der Waals surface area (Å²) in [5, 5.41) is 11.2. The fourth-order valence-electron chi connectivity index (χ4n) is 1.87. The summed E-state index contributed by atoms with van der Waals surface area (Å²) in [6, 6.07) is 5.76. The summed E-state index contributed by atoms with van der Waals surface area (Å²) in [5.74, 6) is -0.794. The molecule has 0 saturated heterocycles. The molecule has 0 radical (unpaired) electrons. The molecule has 2 aromatic heterocycles. The number of aromatic nitrogens is 1. The minimum Gasteiger partial charge on any atom is -0.477 e. The highest BCUT2D eigenvalue weighted by Crippen LogP contribution is 2.21. The van der Waals surface area contributed by atoms with Gasteiger partial charge in [-0.25, -0.2) is 9.78 Å². The van der Waals surface area contributed by atoms with Crippen LogP contribution >= 0.6 is 11.3 Å². The Labute approximate surface area is 115 Å². The fourth-order valence-corrected chi connectivity index (χ4v) is 2.56. The lowest BCUT2D eigenvalue weighted by atomic mass is 10.1. The van der Waals surface area contributed by atoms with Gasteiger partial charge in [0.1, 0.15) is 5.56 Å². The van der Waals surface area contributed by atoms with Gasteiger partial charge in [0.2, 0.25) is 5.88 Å². The molecule has 0 aliphatic carbocycles. The molecule has 0 aliphatic heterocycles. The van der Waals surface area contributed by atoms with Crippen molar-refractivity contribution in [1.29, 1.82) is 0 Å². The van der Waals surface area contributed by atoms with E-state index in [0.29, 0.717) is 12.2 Å². The number of aromatic carboxylic acids is 1. The summed E-state index contributed by atoms with van der Waals surface area (Å²) in [6.45, 7) is 4.01. The minimum absolute atomic E-state index is 0.150. The number of ether oxygens (including phenoxy) is 1. The van der Waals surface area contributed by atoms with Gasteiger partial charge in [-0.05, 0) is 36.9 Å². The first kappa shape index (κ1) is 13.5. The number of carbonyl (C=O) groups is 1. The smallest absolute Gasteiger partial charge is 0.341 e. The normalized spacial score (nSPS) is 10.4. The van der Waals surface area contributed by atoms with Crippen LogP contribution in [0.4, 0.5) is 0 Å². The van der Waals surface area contributed by atoms with Crippen molar-refractivity contribution >= 4 is 17.3 Å². The van der Waals surface area contributed by atoms with Crippen molar-refractivity contribution in [2.24, 2.45) is 0 Å². The van der Waals surface area contributed by atoms with Gasteiger partial charge in [-0.3, -0.25) is 0 Å². The van der Waals surface area contributed by atoms with Gasteiger partial charge in [0.25, 0.3) is 0 Å². The van der Waals surface area contributed by atoms with E-state index in [1.54, 1.807) is 24.3 Å². The van der Waals surface area contributed by atoms with E-state index in [0.717, 1.165) is 12.1 Å². The van der Waals surface area contributed by atoms with Crippen LogP contribution in [-0.2, 0) is 6.42 Å². The highest BCUT2D eigenvalue weighted by Gasteiger charge is 2.17. The molecule has 5 heteroatoms. The molecular weight excluding hydrogens is 262 g/mol. The van der Waals surface area contributed by atoms with Gasteiger partial charge in [-0.15, -0.1) is 11.3 Å². The Bertz CT molecular complexity index is 579. The molecule has 0 atom stereocenters. The third kappa shape index (κ3) is 3.32. The van der Waals surface area contributed by atoms with E-state index >= 15 is 0 Å². The second kappa shape index (κ2) is 5.84. The molecule has 2 aromatic rings. The van der Waals surface area contributed by atoms with Gasteiger partial charge in [0.15, 0.2) is 0 Å². The van der Waals surface area contributed by atoms with Gasteiger partial charge >= 0.3 is 5.97 Å². The van der Waals surface area contributed by atoms with Gasteiger partial charge in [0, 0.05) is 17.0 Å². The van der Waals surface area contributed by atoms with Gasteiger partial charge in [-0.1, -0.05) is 6.07 Å². The molecule has 2 heterocycles. The average molecular weight is 277 g/mol. The Balaban J connectivity index is 2.12. The highest BCUT2D eigenvalue weighted by atomic mass is 32.1. The van der Waals surface area contributed by atoms with Crippen LogP contribution in [0.3, 0.4) is 0 Å². The van der Waals surface area contributed by atoms with Crippen molar-refractivity contribution in [1.82, 2.24) is 4.98 Å². The summed E-state index contributed by atoms with van der Waals surface area (Å²) >= 11 is 1.66. The molecule has 2 rings (SSSR count). The van der Waals surface area contributed by atoms with Crippen molar-refractivity contribution in [3.05, 3.63) is 45.3 Å². The fraction of sp³-hybridized carbons (Fsp3) is 0.286. The first-order chi connectivity index (χ1) is 9.08. The zero-order chi connectivity index (χ0) is 13.8. The Hall–Kier alpha value is -1.88. The Morgan fingerprint density at radius 1 is 1.47 bits per heavy atom. The highest BCUT2D eigenvalue weighted by molar-refractivity contribution is 7.09. The van der Waals surface area contributed by atoms with Crippen LogP contribution in [0, 0.1) is 13.8 Å². The maximum atomic E-state index is 11.2. The maximum Gasteiger partial charge on any atom is 0.341 e. The summed E-state index contributed by atoms with van der Waals surface area (Å²) in [7, 11) is 0. The topological polar surface area (TPSA) is 59.4 Å². The van der Waals surface area contributed by atoms with Crippen molar-refractivity contribution in [2.75, 3.05) is 6.61 Å². The predicted octanol–water partition coefficient (Wildman–Crippen LogP) is 3.08. The molecule has 0 amide bonds. The molecule has 0 spiro atoms.